The molecule has 2 unspecified atom stereocenters. The molecule has 1 fully saturated rings. The van der Waals surface area contributed by atoms with Crippen molar-refractivity contribution in [2.75, 3.05) is 33.4 Å². The van der Waals surface area contributed by atoms with Crippen molar-refractivity contribution in [2.24, 2.45) is 10.7 Å². The zero-order chi connectivity index (χ0) is 16.6. The highest BCUT2D eigenvalue weighted by Gasteiger charge is 2.42. The third-order valence-corrected chi connectivity index (χ3v) is 3.93. The quantitative estimate of drug-likeness (QED) is 0.574. The molecule has 0 spiro atoms. The van der Waals surface area contributed by atoms with Crippen molar-refractivity contribution in [1.29, 1.82) is 0 Å². The van der Waals surface area contributed by atoms with Gasteiger partial charge >= 0.3 is 5.97 Å². The summed E-state index contributed by atoms with van der Waals surface area (Å²) in [4.78, 5) is 31.4. The number of fused-ring (bicyclic) bond motifs is 1. The Morgan fingerprint density at radius 3 is 2.83 bits per heavy atom. The number of amides is 1. The van der Waals surface area contributed by atoms with Gasteiger partial charge in [-0.15, -0.1) is 0 Å². The van der Waals surface area contributed by atoms with E-state index in [1.165, 1.54) is 4.90 Å². The number of aliphatic hydroxyl groups is 1. The van der Waals surface area contributed by atoms with Crippen molar-refractivity contribution in [2.45, 2.75) is 12.3 Å². The Morgan fingerprint density at radius 1 is 1.48 bits per heavy atom. The van der Waals surface area contributed by atoms with Gasteiger partial charge in [0.1, 0.15) is 0 Å². The van der Waals surface area contributed by atoms with Crippen LogP contribution >= 0.6 is 0 Å². The van der Waals surface area contributed by atoms with Gasteiger partial charge in [0.05, 0.1) is 31.7 Å². The number of hydrogen-bond donors (Lipinski definition) is 2. The SMILES string of the molecule is COC(=O)C1=NC2C(N)=CC(N3CCOCC3)=CN2C(=O)C1O. The Bertz CT molecular complexity index is 621. The molecule has 2 atom stereocenters. The number of hydrogen-bond acceptors (Lipinski definition) is 8. The summed E-state index contributed by atoms with van der Waals surface area (Å²) < 4.78 is 9.84. The van der Waals surface area contributed by atoms with Crippen LogP contribution in [-0.4, -0.2) is 78.2 Å². The van der Waals surface area contributed by atoms with E-state index in [2.05, 4.69) is 9.73 Å². The highest BCUT2D eigenvalue weighted by Crippen LogP contribution is 2.26. The summed E-state index contributed by atoms with van der Waals surface area (Å²) in [5, 5.41) is 10.0. The third kappa shape index (κ3) is 2.68. The monoisotopic (exact) mass is 322 g/mol. The number of aliphatic hydroxyl groups excluding tert-OH is 1. The van der Waals surface area contributed by atoms with Crippen molar-refractivity contribution in [3.05, 3.63) is 23.7 Å². The zero-order valence-electron chi connectivity index (χ0n) is 12.6. The molecule has 9 nitrogen and oxygen atoms in total. The third-order valence-electron chi connectivity index (χ3n) is 3.93. The first kappa shape index (κ1) is 15.5. The molecule has 0 aliphatic carbocycles. The number of morpholine rings is 1. The molecular formula is C14H18N4O5. The Hall–Kier alpha value is -2.39. The maximum Gasteiger partial charge on any atom is 0.355 e. The van der Waals surface area contributed by atoms with E-state index in [9.17, 15) is 14.7 Å². The molecule has 9 heteroatoms. The molecule has 1 amide bonds. The minimum Gasteiger partial charge on any atom is -0.464 e. The zero-order valence-corrected chi connectivity index (χ0v) is 12.6. The molecule has 0 bridgehead atoms. The molecule has 3 aliphatic heterocycles. The van der Waals surface area contributed by atoms with E-state index in [1.807, 2.05) is 4.90 Å². The van der Waals surface area contributed by atoms with Crippen molar-refractivity contribution in [3.63, 3.8) is 0 Å². The Labute approximate surface area is 132 Å². The summed E-state index contributed by atoms with van der Waals surface area (Å²) in [5.41, 5.74) is 6.76. The minimum absolute atomic E-state index is 0.315. The van der Waals surface area contributed by atoms with Gasteiger partial charge in [-0.3, -0.25) is 9.69 Å². The standard InChI is InChI=1S/C14H18N4O5/c1-22-14(21)10-11(19)13(20)18-7-8(6-9(15)12(18)16-10)17-2-4-23-5-3-17/h6-7,11-12,19H,2-5,15H2,1H3. The number of nitrogens with zero attached hydrogens (tertiary/aromatic N) is 3. The summed E-state index contributed by atoms with van der Waals surface area (Å²) >= 11 is 0. The maximum atomic E-state index is 12.4. The highest BCUT2D eigenvalue weighted by atomic mass is 16.5. The number of ether oxygens (including phenoxy) is 2. The summed E-state index contributed by atoms with van der Waals surface area (Å²) in [5.74, 6) is -1.51. The first-order valence-electron chi connectivity index (χ1n) is 7.20. The fourth-order valence-electron chi connectivity index (χ4n) is 2.70. The molecule has 0 aromatic heterocycles. The van der Waals surface area contributed by atoms with Crippen LogP contribution in [0.1, 0.15) is 0 Å². The topological polar surface area (TPSA) is 118 Å². The van der Waals surface area contributed by atoms with Gasteiger partial charge in [-0.25, -0.2) is 9.79 Å². The molecule has 3 N–H and O–H groups in total. The molecule has 3 rings (SSSR count). The Kier molecular flexibility index (Phi) is 4.05. The normalized spacial score (nSPS) is 27.7. The predicted octanol–water partition coefficient (Wildman–Crippen LogP) is -1.84. The number of esters is 1. The van der Waals surface area contributed by atoms with Crippen LogP contribution < -0.4 is 5.73 Å². The Morgan fingerprint density at radius 2 is 2.17 bits per heavy atom. The number of allylic oxidation sites excluding steroid dienone is 1. The van der Waals surface area contributed by atoms with Crippen LogP contribution in [0.3, 0.4) is 0 Å². The number of carbonyl (C=O) groups excluding carboxylic acids is 2. The molecule has 0 aromatic rings. The molecular weight excluding hydrogens is 304 g/mol. The lowest BCUT2D eigenvalue weighted by Gasteiger charge is -2.38. The number of carbonyl (C=O) groups is 2. The molecule has 3 heterocycles. The minimum atomic E-state index is -1.66. The number of aliphatic imine (C=N–C) groups is 1. The van der Waals surface area contributed by atoms with Crippen LogP contribution in [0.25, 0.3) is 0 Å². The highest BCUT2D eigenvalue weighted by molar-refractivity contribution is 6.42. The lowest BCUT2D eigenvalue weighted by Crippen LogP contribution is -2.55. The van der Waals surface area contributed by atoms with E-state index < -0.39 is 24.1 Å². The predicted molar refractivity (Wildman–Crippen MR) is 78.8 cm³/mol. The second kappa shape index (κ2) is 6.01. The average Bonchev–Trinajstić information content (AvgIpc) is 2.58. The molecule has 0 radical (unpaired) electrons. The molecule has 0 saturated carbocycles. The Balaban J connectivity index is 1.93. The van der Waals surface area contributed by atoms with E-state index >= 15 is 0 Å². The molecule has 0 aromatic carbocycles. The van der Waals surface area contributed by atoms with Crippen LogP contribution in [0.2, 0.25) is 0 Å². The second-order valence-corrected chi connectivity index (χ2v) is 5.33. The van der Waals surface area contributed by atoms with E-state index in [0.717, 1.165) is 12.8 Å². The van der Waals surface area contributed by atoms with Crippen molar-refractivity contribution >= 4 is 17.6 Å². The average molecular weight is 322 g/mol. The summed E-state index contributed by atoms with van der Waals surface area (Å²) in [7, 11) is 1.16. The summed E-state index contributed by atoms with van der Waals surface area (Å²) in [6.07, 6.45) is 0.808. The van der Waals surface area contributed by atoms with Gasteiger partial charge in [0.15, 0.2) is 18.0 Å². The number of rotatable bonds is 2. The smallest absolute Gasteiger partial charge is 0.355 e. The van der Waals surface area contributed by atoms with E-state index in [0.29, 0.717) is 32.0 Å². The van der Waals surface area contributed by atoms with Crippen molar-refractivity contribution in [1.82, 2.24) is 9.80 Å². The lowest BCUT2D eigenvalue weighted by atomic mass is 10.1. The lowest BCUT2D eigenvalue weighted by molar-refractivity contribution is -0.140. The van der Waals surface area contributed by atoms with Gasteiger partial charge in [-0.05, 0) is 6.08 Å². The van der Waals surface area contributed by atoms with Crippen LogP contribution in [0.4, 0.5) is 0 Å². The van der Waals surface area contributed by atoms with E-state index in [1.54, 1.807) is 12.3 Å². The maximum absolute atomic E-state index is 12.4. The van der Waals surface area contributed by atoms with Gasteiger partial charge in [-0.2, -0.15) is 0 Å². The largest absolute Gasteiger partial charge is 0.464 e. The van der Waals surface area contributed by atoms with Gasteiger partial charge in [0.2, 0.25) is 0 Å². The summed E-state index contributed by atoms with van der Waals surface area (Å²) in [6, 6.07) is 0. The van der Waals surface area contributed by atoms with Gasteiger partial charge in [0.25, 0.3) is 5.91 Å². The van der Waals surface area contributed by atoms with E-state index in [-0.39, 0.29) is 5.71 Å². The molecule has 1 saturated heterocycles. The van der Waals surface area contributed by atoms with Crippen molar-refractivity contribution < 1.29 is 24.2 Å². The van der Waals surface area contributed by atoms with Crippen LogP contribution in [0, 0.1) is 0 Å². The molecule has 124 valence electrons. The summed E-state index contributed by atoms with van der Waals surface area (Å²) in [6.45, 7) is 2.55. The van der Waals surface area contributed by atoms with Crippen LogP contribution in [0.5, 0.6) is 0 Å². The first-order valence-corrected chi connectivity index (χ1v) is 7.20. The second-order valence-electron chi connectivity index (χ2n) is 5.33. The van der Waals surface area contributed by atoms with Gasteiger partial charge in [-0.1, -0.05) is 0 Å². The van der Waals surface area contributed by atoms with Crippen molar-refractivity contribution in [3.8, 4) is 0 Å². The fourth-order valence-corrected chi connectivity index (χ4v) is 2.70. The molecule has 3 aliphatic rings. The van der Waals surface area contributed by atoms with Gasteiger partial charge in [0, 0.05) is 19.3 Å². The number of nitrogens with two attached hydrogens (primary N) is 1. The number of methoxy groups -OCH3 is 1. The van der Waals surface area contributed by atoms with Gasteiger partial charge < -0.3 is 25.2 Å². The molecule has 23 heavy (non-hydrogen) atoms. The first-order chi connectivity index (χ1) is 11.0. The van der Waals surface area contributed by atoms with Crippen LogP contribution in [-0.2, 0) is 19.1 Å². The van der Waals surface area contributed by atoms with Crippen LogP contribution in [0.15, 0.2) is 28.7 Å². The van der Waals surface area contributed by atoms with E-state index in [4.69, 9.17) is 10.5 Å². The fraction of sp³-hybridized carbons (Fsp3) is 0.500.